The molecule has 132 valence electrons. The van der Waals surface area contributed by atoms with Crippen LogP contribution in [0.2, 0.25) is 0 Å². The fourth-order valence-electron chi connectivity index (χ4n) is 3.13. The van der Waals surface area contributed by atoms with Gasteiger partial charge in [0.25, 0.3) is 0 Å². The number of aromatic nitrogens is 3. The second-order valence-electron chi connectivity index (χ2n) is 7.23. The lowest BCUT2D eigenvalue weighted by molar-refractivity contribution is 0.150. The van der Waals surface area contributed by atoms with E-state index in [1.807, 2.05) is 32.2 Å². The summed E-state index contributed by atoms with van der Waals surface area (Å²) in [5, 5.41) is 18.9. The number of hydrogen-bond donors (Lipinski definition) is 1. The van der Waals surface area contributed by atoms with Gasteiger partial charge >= 0.3 is 0 Å². The maximum absolute atomic E-state index is 10.5. The zero-order valence-corrected chi connectivity index (χ0v) is 15.7. The lowest BCUT2D eigenvalue weighted by Crippen LogP contribution is -2.36. The van der Waals surface area contributed by atoms with Gasteiger partial charge in [-0.25, -0.2) is 4.68 Å². The Kier molecular flexibility index (Phi) is 6.13. The van der Waals surface area contributed by atoms with Gasteiger partial charge in [-0.15, -0.1) is 5.10 Å². The fraction of sp³-hybridized carbons (Fsp3) is 0.579. The molecule has 0 amide bonds. The standard InChI is InChI=1S/C19H30N4O/c1-13(2)23(14(3)4)11-18-10-22(21-20-18)12-19(24)17-8-15(5)7-16(6)9-17/h7-10,13-14,19,24H,11-12H2,1-6H3. The van der Waals surface area contributed by atoms with E-state index >= 15 is 0 Å². The van der Waals surface area contributed by atoms with Crippen LogP contribution in [0.25, 0.3) is 0 Å². The SMILES string of the molecule is Cc1cc(C)cc(C(O)Cn2cc(CN(C(C)C)C(C)C)nn2)c1. The van der Waals surface area contributed by atoms with Gasteiger partial charge in [-0.05, 0) is 47.1 Å². The first kappa shape index (κ1) is 18.6. The Labute approximate surface area is 145 Å². The van der Waals surface area contributed by atoms with Gasteiger partial charge in [0.05, 0.1) is 18.3 Å². The van der Waals surface area contributed by atoms with Crippen LogP contribution in [-0.4, -0.2) is 37.1 Å². The summed E-state index contributed by atoms with van der Waals surface area (Å²) in [4.78, 5) is 2.37. The zero-order chi connectivity index (χ0) is 17.9. The largest absolute Gasteiger partial charge is 0.386 e. The molecule has 1 atom stereocenters. The maximum atomic E-state index is 10.5. The second kappa shape index (κ2) is 7.90. The summed E-state index contributed by atoms with van der Waals surface area (Å²) in [6.45, 7) is 14.0. The number of benzene rings is 1. The van der Waals surface area contributed by atoms with Gasteiger partial charge in [0, 0.05) is 24.8 Å². The summed E-state index contributed by atoms with van der Waals surface area (Å²) >= 11 is 0. The van der Waals surface area contributed by atoms with Gasteiger partial charge in [0.1, 0.15) is 0 Å². The second-order valence-corrected chi connectivity index (χ2v) is 7.23. The highest BCUT2D eigenvalue weighted by Crippen LogP contribution is 2.18. The number of hydrogen-bond acceptors (Lipinski definition) is 4. The van der Waals surface area contributed by atoms with E-state index in [9.17, 15) is 5.11 Å². The van der Waals surface area contributed by atoms with Crippen molar-refractivity contribution in [2.75, 3.05) is 0 Å². The molecule has 0 fully saturated rings. The number of nitrogens with zero attached hydrogens (tertiary/aromatic N) is 4. The Bertz CT molecular complexity index is 635. The predicted octanol–water partition coefficient (Wildman–Crippen LogP) is 3.25. The summed E-state index contributed by atoms with van der Waals surface area (Å²) in [7, 11) is 0. The molecule has 0 aliphatic rings. The Morgan fingerprint density at radius 1 is 1.04 bits per heavy atom. The van der Waals surface area contributed by atoms with E-state index in [-0.39, 0.29) is 0 Å². The summed E-state index contributed by atoms with van der Waals surface area (Å²) in [5.41, 5.74) is 4.18. The Balaban J connectivity index is 2.05. The number of aliphatic hydroxyl groups is 1. The van der Waals surface area contributed by atoms with Gasteiger partial charge in [0.2, 0.25) is 0 Å². The minimum atomic E-state index is -0.579. The predicted molar refractivity (Wildman–Crippen MR) is 96.7 cm³/mol. The summed E-state index contributed by atoms with van der Waals surface area (Å²) < 4.78 is 1.73. The Hall–Kier alpha value is -1.72. The number of rotatable bonds is 7. The van der Waals surface area contributed by atoms with Crippen LogP contribution < -0.4 is 0 Å². The van der Waals surface area contributed by atoms with Crippen molar-refractivity contribution in [3.63, 3.8) is 0 Å². The molecule has 1 aromatic heterocycles. The quantitative estimate of drug-likeness (QED) is 0.847. The van der Waals surface area contributed by atoms with Gasteiger partial charge < -0.3 is 5.11 Å². The molecule has 5 nitrogen and oxygen atoms in total. The highest BCUT2D eigenvalue weighted by molar-refractivity contribution is 5.29. The van der Waals surface area contributed by atoms with E-state index in [2.05, 4.69) is 49.0 Å². The summed E-state index contributed by atoms with van der Waals surface area (Å²) in [6.07, 6.45) is 1.35. The molecule has 0 aliphatic heterocycles. The number of aliphatic hydroxyl groups excluding tert-OH is 1. The molecular weight excluding hydrogens is 300 g/mol. The third kappa shape index (κ3) is 4.89. The van der Waals surface area contributed by atoms with Crippen molar-refractivity contribution in [2.45, 2.75) is 72.8 Å². The minimum absolute atomic E-state index is 0.416. The fourth-order valence-corrected chi connectivity index (χ4v) is 3.13. The van der Waals surface area contributed by atoms with E-state index in [1.165, 1.54) is 0 Å². The summed E-state index contributed by atoms with van der Waals surface area (Å²) in [5.74, 6) is 0. The highest BCUT2D eigenvalue weighted by Gasteiger charge is 2.16. The van der Waals surface area contributed by atoms with Crippen LogP contribution >= 0.6 is 0 Å². The normalized spacial score (nSPS) is 13.2. The Morgan fingerprint density at radius 3 is 2.17 bits per heavy atom. The van der Waals surface area contributed by atoms with Crippen molar-refractivity contribution in [3.8, 4) is 0 Å². The first-order valence-corrected chi connectivity index (χ1v) is 8.67. The van der Waals surface area contributed by atoms with Crippen LogP contribution in [0.4, 0.5) is 0 Å². The zero-order valence-electron chi connectivity index (χ0n) is 15.7. The molecule has 1 heterocycles. The van der Waals surface area contributed by atoms with Crippen molar-refractivity contribution >= 4 is 0 Å². The molecular formula is C19H30N4O. The molecule has 0 radical (unpaired) electrons. The van der Waals surface area contributed by atoms with Crippen LogP contribution in [0.15, 0.2) is 24.4 Å². The monoisotopic (exact) mass is 330 g/mol. The van der Waals surface area contributed by atoms with Crippen molar-refractivity contribution in [1.29, 1.82) is 0 Å². The topological polar surface area (TPSA) is 54.2 Å². The van der Waals surface area contributed by atoms with Gasteiger partial charge in [-0.2, -0.15) is 0 Å². The smallest absolute Gasteiger partial charge is 0.0986 e. The molecule has 2 rings (SSSR count). The van der Waals surface area contributed by atoms with Crippen molar-refractivity contribution in [3.05, 3.63) is 46.8 Å². The van der Waals surface area contributed by atoms with Crippen LogP contribution in [-0.2, 0) is 13.1 Å². The lowest BCUT2D eigenvalue weighted by Gasteiger charge is -2.29. The molecule has 0 bridgehead atoms. The molecule has 2 aromatic rings. The van der Waals surface area contributed by atoms with E-state index in [0.29, 0.717) is 18.6 Å². The van der Waals surface area contributed by atoms with Crippen molar-refractivity contribution < 1.29 is 5.11 Å². The van der Waals surface area contributed by atoms with Crippen LogP contribution in [0.5, 0.6) is 0 Å². The van der Waals surface area contributed by atoms with Crippen LogP contribution in [0.1, 0.15) is 56.2 Å². The van der Waals surface area contributed by atoms with E-state index in [1.54, 1.807) is 4.68 Å². The first-order chi connectivity index (χ1) is 11.3. The highest BCUT2D eigenvalue weighted by atomic mass is 16.3. The molecule has 1 unspecified atom stereocenters. The van der Waals surface area contributed by atoms with E-state index in [0.717, 1.165) is 28.9 Å². The molecule has 5 heteroatoms. The lowest BCUT2D eigenvalue weighted by atomic mass is 10.0. The summed E-state index contributed by atoms with van der Waals surface area (Å²) in [6, 6.07) is 7.06. The molecule has 1 N–H and O–H groups in total. The van der Waals surface area contributed by atoms with Crippen molar-refractivity contribution in [1.82, 2.24) is 19.9 Å². The molecule has 24 heavy (non-hydrogen) atoms. The average molecular weight is 330 g/mol. The minimum Gasteiger partial charge on any atom is -0.386 e. The average Bonchev–Trinajstić information content (AvgIpc) is 2.90. The van der Waals surface area contributed by atoms with Crippen LogP contribution in [0, 0.1) is 13.8 Å². The Morgan fingerprint density at radius 2 is 1.62 bits per heavy atom. The molecule has 0 aliphatic carbocycles. The molecule has 1 aromatic carbocycles. The van der Waals surface area contributed by atoms with Gasteiger partial charge in [-0.3, -0.25) is 4.90 Å². The van der Waals surface area contributed by atoms with Crippen LogP contribution in [0.3, 0.4) is 0 Å². The molecule has 0 spiro atoms. The molecule has 0 saturated carbocycles. The van der Waals surface area contributed by atoms with E-state index in [4.69, 9.17) is 0 Å². The van der Waals surface area contributed by atoms with Crippen molar-refractivity contribution in [2.24, 2.45) is 0 Å². The van der Waals surface area contributed by atoms with Gasteiger partial charge in [-0.1, -0.05) is 34.5 Å². The number of aryl methyl sites for hydroxylation is 2. The van der Waals surface area contributed by atoms with E-state index < -0.39 is 6.10 Å². The van der Waals surface area contributed by atoms with Gasteiger partial charge in [0.15, 0.2) is 0 Å². The third-order valence-electron chi connectivity index (χ3n) is 4.25. The third-order valence-corrected chi connectivity index (χ3v) is 4.25. The first-order valence-electron chi connectivity index (χ1n) is 8.67. The maximum Gasteiger partial charge on any atom is 0.0986 e. The molecule has 0 saturated heterocycles.